The van der Waals surface area contributed by atoms with E-state index in [1.807, 2.05) is 29.7 Å². The van der Waals surface area contributed by atoms with Crippen LogP contribution in [0.1, 0.15) is 25.0 Å². The Hall–Kier alpha value is -6.17. The first-order valence-electron chi connectivity index (χ1n) is 17.3. The Morgan fingerprint density at radius 3 is 2.12 bits per heavy atom. The van der Waals surface area contributed by atoms with Gasteiger partial charge in [0.15, 0.2) is 5.82 Å². The summed E-state index contributed by atoms with van der Waals surface area (Å²) < 4.78 is 2.59. The largest absolute Gasteiger partial charge is 0.310 e. The fourth-order valence-electron chi connectivity index (χ4n) is 7.75. The molecule has 0 spiro atoms. The summed E-state index contributed by atoms with van der Waals surface area (Å²) in [5, 5.41) is 3.63. The second-order valence-electron chi connectivity index (χ2n) is 13.7. The van der Waals surface area contributed by atoms with Gasteiger partial charge in [0.25, 0.3) is 0 Å². The number of pyridine rings is 1. The Balaban J connectivity index is 1.17. The molecular weight excluding hydrogens is 641 g/mol. The number of thiophene rings is 1. The fourth-order valence-corrected chi connectivity index (χ4v) is 8.87. The second kappa shape index (κ2) is 11.4. The highest BCUT2D eigenvalue weighted by atomic mass is 32.1. The minimum Gasteiger partial charge on any atom is -0.310 e. The Kier molecular flexibility index (Phi) is 6.67. The molecule has 0 aliphatic carbocycles. The van der Waals surface area contributed by atoms with Crippen LogP contribution < -0.4 is 4.90 Å². The van der Waals surface area contributed by atoms with Crippen LogP contribution >= 0.6 is 11.3 Å². The molecule has 1 aliphatic heterocycles. The van der Waals surface area contributed by atoms with Crippen molar-refractivity contribution in [3.63, 3.8) is 0 Å². The van der Waals surface area contributed by atoms with E-state index in [2.05, 4.69) is 158 Å². The van der Waals surface area contributed by atoms with Gasteiger partial charge in [-0.2, -0.15) is 0 Å². The van der Waals surface area contributed by atoms with Crippen LogP contribution in [0.25, 0.3) is 65.0 Å². The molecule has 0 radical (unpaired) electrons. The number of rotatable bonds is 4. The molecule has 242 valence electrons. The van der Waals surface area contributed by atoms with Crippen molar-refractivity contribution < 1.29 is 0 Å². The maximum atomic E-state index is 5.25. The van der Waals surface area contributed by atoms with Crippen LogP contribution in [0.2, 0.25) is 0 Å². The molecule has 0 saturated heterocycles. The van der Waals surface area contributed by atoms with Crippen molar-refractivity contribution >= 4 is 59.5 Å². The molecule has 9 aromatic rings. The van der Waals surface area contributed by atoms with Crippen LogP contribution in [0.3, 0.4) is 0 Å². The van der Waals surface area contributed by atoms with Gasteiger partial charge in [-0.25, -0.2) is 9.97 Å². The predicted molar refractivity (Wildman–Crippen MR) is 213 cm³/mol. The first-order chi connectivity index (χ1) is 25.0. The summed E-state index contributed by atoms with van der Waals surface area (Å²) in [4.78, 5) is 17.7. The summed E-state index contributed by atoms with van der Waals surface area (Å²) in [6, 6.07) is 53.9. The Morgan fingerprint density at radius 2 is 1.27 bits per heavy atom. The highest BCUT2D eigenvalue weighted by molar-refractivity contribution is 7.25. The first-order valence-corrected chi connectivity index (χ1v) is 18.1. The summed E-state index contributed by atoms with van der Waals surface area (Å²) >= 11 is 1.85. The van der Waals surface area contributed by atoms with Gasteiger partial charge in [0.1, 0.15) is 5.69 Å². The van der Waals surface area contributed by atoms with Crippen molar-refractivity contribution in [1.82, 2.24) is 15.0 Å². The standard InChI is InChI=1S/C46H32N4S/c1-46(2)36-18-10-11-19-40(36)50(41-28-43-34(27-37(41)46)33-17-9-12-20-42(33)51-43)32-23-24-47-39(26-32)45-48-38-22-21-31(29-13-5-3-6-14-29)25-35(38)44(49-45)30-15-7-4-8-16-30/h3-28H,1-2H3. The summed E-state index contributed by atoms with van der Waals surface area (Å²) in [6.45, 7) is 4.69. The van der Waals surface area contributed by atoms with Crippen molar-refractivity contribution in [2.24, 2.45) is 0 Å². The molecule has 1 aliphatic rings. The molecule has 0 bridgehead atoms. The third-order valence-corrected chi connectivity index (χ3v) is 11.4. The van der Waals surface area contributed by atoms with E-state index in [4.69, 9.17) is 15.0 Å². The normalized spacial score (nSPS) is 13.4. The number of benzene rings is 6. The third kappa shape index (κ3) is 4.77. The van der Waals surface area contributed by atoms with Crippen LogP contribution in [0.15, 0.2) is 158 Å². The quantitative estimate of drug-likeness (QED) is 0.187. The summed E-state index contributed by atoms with van der Waals surface area (Å²) in [5.41, 5.74) is 11.6. The van der Waals surface area contributed by atoms with Gasteiger partial charge < -0.3 is 4.90 Å². The third-order valence-electron chi connectivity index (χ3n) is 10.3. The number of aromatic nitrogens is 3. The molecule has 10 rings (SSSR count). The molecule has 3 aromatic heterocycles. The average Bonchev–Trinajstić information content (AvgIpc) is 3.55. The minimum absolute atomic E-state index is 0.194. The molecule has 0 unspecified atom stereocenters. The Labute approximate surface area is 300 Å². The molecule has 0 amide bonds. The van der Waals surface area contributed by atoms with Crippen LogP contribution in [0, 0.1) is 0 Å². The zero-order chi connectivity index (χ0) is 34.1. The van der Waals surface area contributed by atoms with Gasteiger partial charge in [-0.3, -0.25) is 4.98 Å². The lowest BCUT2D eigenvalue weighted by atomic mass is 9.73. The van der Waals surface area contributed by atoms with E-state index >= 15 is 0 Å². The topological polar surface area (TPSA) is 41.9 Å². The smallest absolute Gasteiger partial charge is 0.179 e. The Morgan fingerprint density at radius 1 is 0.529 bits per heavy atom. The number of hydrogen-bond acceptors (Lipinski definition) is 5. The van der Waals surface area contributed by atoms with E-state index in [0.717, 1.165) is 44.7 Å². The SMILES string of the molecule is CC1(C)c2ccccc2N(c2ccnc(-c3nc(-c4ccccc4)c4cc(-c5ccccc5)ccc4n3)c2)c2cc3sc4ccccc4c3cc21. The molecule has 0 fully saturated rings. The van der Waals surface area contributed by atoms with E-state index in [1.54, 1.807) is 0 Å². The van der Waals surface area contributed by atoms with Crippen LogP contribution in [-0.2, 0) is 5.41 Å². The number of fused-ring (bicyclic) bond motifs is 6. The fraction of sp³-hybridized carbons (Fsp3) is 0.0652. The van der Waals surface area contributed by atoms with Gasteiger partial charge in [-0.15, -0.1) is 11.3 Å². The number of anilines is 3. The number of nitrogens with zero attached hydrogens (tertiary/aromatic N) is 4. The van der Waals surface area contributed by atoms with E-state index in [-0.39, 0.29) is 5.41 Å². The maximum Gasteiger partial charge on any atom is 0.179 e. The molecule has 6 aromatic carbocycles. The van der Waals surface area contributed by atoms with Crippen molar-refractivity contribution in [2.75, 3.05) is 4.90 Å². The Bertz CT molecular complexity index is 2790. The van der Waals surface area contributed by atoms with Crippen LogP contribution in [-0.4, -0.2) is 15.0 Å². The highest BCUT2D eigenvalue weighted by Crippen LogP contribution is 2.54. The van der Waals surface area contributed by atoms with E-state index in [9.17, 15) is 0 Å². The number of para-hydroxylation sites is 1. The van der Waals surface area contributed by atoms with Gasteiger partial charge in [-0.05, 0) is 70.8 Å². The molecule has 5 heteroatoms. The summed E-state index contributed by atoms with van der Waals surface area (Å²) in [6.07, 6.45) is 1.89. The lowest BCUT2D eigenvalue weighted by molar-refractivity contribution is 0.633. The van der Waals surface area contributed by atoms with Crippen LogP contribution in [0.5, 0.6) is 0 Å². The van der Waals surface area contributed by atoms with E-state index < -0.39 is 0 Å². The zero-order valence-corrected chi connectivity index (χ0v) is 29.0. The van der Waals surface area contributed by atoms with Gasteiger partial charge >= 0.3 is 0 Å². The molecule has 0 atom stereocenters. The predicted octanol–water partition coefficient (Wildman–Crippen LogP) is 12.5. The van der Waals surface area contributed by atoms with Crippen molar-refractivity contribution in [3.05, 3.63) is 169 Å². The molecule has 4 heterocycles. The molecule has 0 saturated carbocycles. The molecule has 0 N–H and O–H groups in total. The van der Waals surface area contributed by atoms with Gasteiger partial charge in [0.05, 0.1) is 22.6 Å². The van der Waals surface area contributed by atoms with E-state index in [1.165, 1.54) is 42.7 Å². The zero-order valence-electron chi connectivity index (χ0n) is 28.2. The van der Waals surface area contributed by atoms with E-state index in [0.29, 0.717) is 5.82 Å². The first kappa shape index (κ1) is 29.7. The van der Waals surface area contributed by atoms with Crippen molar-refractivity contribution in [1.29, 1.82) is 0 Å². The lowest BCUT2D eigenvalue weighted by Gasteiger charge is -2.42. The van der Waals surface area contributed by atoms with Gasteiger partial charge in [0.2, 0.25) is 0 Å². The monoisotopic (exact) mass is 672 g/mol. The molecular formula is C46H32N4S. The van der Waals surface area contributed by atoms with Gasteiger partial charge in [-0.1, -0.05) is 117 Å². The van der Waals surface area contributed by atoms with Crippen molar-refractivity contribution in [2.45, 2.75) is 19.3 Å². The van der Waals surface area contributed by atoms with Gasteiger partial charge in [0, 0.05) is 48.4 Å². The molecule has 4 nitrogen and oxygen atoms in total. The number of hydrogen-bond donors (Lipinski definition) is 0. The average molecular weight is 673 g/mol. The summed E-state index contributed by atoms with van der Waals surface area (Å²) in [7, 11) is 0. The maximum absolute atomic E-state index is 5.25. The second-order valence-corrected chi connectivity index (χ2v) is 14.8. The van der Waals surface area contributed by atoms with Crippen LogP contribution in [0.4, 0.5) is 17.1 Å². The van der Waals surface area contributed by atoms with Crippen molar-refractivity contribution in [3.8, 4) is 33.9 Å². The lowest BCUT2D eigenvalue weighted by Crippen LogP contribution is -2.30. The molecule has 51 heavy (non-hydrogen) atoms. The summed E-state index contributed by atoms with van der Waals surface area (Å²) in [5.74, 6) is 0.599. The minimum atomic E-state index is -0.194. The highest BCUT2D eigenvalue weighted by Gasteiger charge is 2.37.